The zero-order valence-electron chi connectivity index (χ0n) is 19.1. The first kappa shape index (κ1) is 23.6. The largest absolute Gasteiger partial charge is 0.507 e. The van der Waals surface area contributed by atoms with Gasteiger partial charge in [-0.1, -0.05) is 37.6 Å². The molecule has 0 spiro atoms. The average Bonchev–Trinajstić information content (AvgIpc) is 2.79. The van der Waals surface area contributed by atoms with Crippen molar-refractivity contribution in [2.24, 2.45) is 0 Å². The van der Waals surface area contributed by atoms with Gasteiger partial charge in [-0.15, -0.1) is 0 Å². The Labute approximate surface area is 190 Å². The monoisotopic (exact) mass is 438 g/mol. The van der Waals surface area contributed by atoms with Gasteiger partial charge >= 0.3 is 5.97 Å². The standard InChI is InChI=1S/C26H34N2O4/c1-3-10-22(20-11-6-7-12-23(20)28-15-8-5-9-16-28)27-25(30)18-19-13-14-21(24(29)17-19)26(31)32-4-2/h6-7,11-14,17,22,29H,3-5,8-10,15-16,18H2,1-2H3,(H,27,30). The van der Waals surface area contributed by atoms with Crippen molar-refractivity contribution in [2.45, 2.75) is 58.4 Å². The van der Waals surface area contributed by atoms with Crippen LogP contribution in [0, 0.1) is 0 Å². The van der Waals surface area contributed by atoms with Gasteiger partial charge in [-0.3, -0.25) is 4.79 Å². The molecule has 3 rings (SSSR count). The van der Waals surface area contributed by atoms with E-state index in [1.807, 2.05) is 6.07 Å². The quantitative estimate of drug-likeness (QED) is 0.552. The molecule has 172 valence electrons. The molecule has 0 saturated carbocycles. The molecule has 0 aromatic heterocycles. The number of anilines is 1. The number of hydrogen-bond donors (Lipinski definition) is 2. The summed E-state index contributed by atoms with van der Waals surface area (Å²) in [5.74, 6) is -0.854. The summed E-state index contributed by atoms with van der Waals surface area (Å²) in [6.45, 7) is 6.17. The lowest BCUT2D eigenvalue weighted by Gasteiger charge is -2.32. The van der Waals surface area contributed by atoms with E-state index >= 15 is 0 Å². The minimum Gasteiger partial charge on any atom is -0.507 e. The molecule has 1 heterocycles. The van der Waals surface area contributed by atoms with Crippen LogP contribution in [0.5, 0.6) is 5.75 Å². The first-order chi connectivity index (χ1) is 15.5. The molecule has 1 aliphatic heterocycles. The van der Waals surface area contributed by atoms with Crippen LogP contribution < -0.4 is 10.2 Å². The second-order valence-electron chi connectivity index (χ2n) is 8.26. The van der Waals surface area contributed by atoms with Gasteiger partial charge in [-0.2, -0.15) is 0 Å². The maximum atomic E-state index is 12.9. The number of rotatable bonds is 9. The molecule has 0 aliphatic carbocycles. The van der Waals surface area contributed by atoms with Gasteiger partial charge in [0.05, 0.1) is 19.1 Å². The van der Waals surface area contributed by atoms with Crippen molar-refractivity contribution < 1.29 is 19.4 Å². The molecule has 32 heavy (non-hydrogen) atoms. The van der Waals surface area contributed by atoms with Gasteiger partial charge in [0, 0.05) is 18.8 Å². The predicted octanol–water partition coefficient (Wildman–Crippen LogP) is 4.76. The smallest absolute Gasteiger partial charge is 0.341 e. The summed E-state index contributed by atoms with van der Waals surface area (Å²) in [4.78, 5) is 27.2. The summed E-state index contributed by atoms with van der Waals surface area (Å²) in [5.41, 5.74) is 3.12. The number of ether oxygens (including phenoxy) is 1. The Morgan fingerprint density at radius 1 is 1.09 bits per heavy atom. The lowest BCUT2D eigenvalue weighted by atomic mass is 9.98. The molecule has 1 fully saturated rings. The van der Waals surface area contributed by atoms with Crippen molar-refractivity contribution in [2.75, 3.05) is 24.6 Å². The van der Waals surface area contributed by atoms with Crippen molar-refractivity contribution in [1.29, 1.82) is 0 Å². The Kier molecular flexibility index (Phi) is 8.54. The molecule has 2 aromatic rings. The highest BCUT2D eigenvalue weighted by Crippen LogP contribution is 2.31. The van der Waals surface area contributed by atoms with Gasteiger partial charge < -0.3 is 20.1 Å². The maximum Gasteiger partial charge on any atom is 0.341 e. The van der Waals surface area contributed by atoms with Crippen molar-refractivity contribution >= 4 is 17.6 Å². The molecule has 0 radical (unpaired) electrons. The Morgan fingerprint density at radius 3 is 2.53 bits per heavy atom. The van der Waals surface area contributed by atoms with Crippen LogP contribution in [0.2, 0.25) is 0 Å². The highest BCUT2D eigenvalue weighted by Gasteiger charge is 2.21. The van der Waals surface area contributed by atoms with E-state index in [1.54, 1.807) is 13.0 Å². The van der Waals surface area contributed by atoms with Crippen LogP contribution in [0.25, 0.3) is 0 Å². The number of nitrogens with one attached hydrogen (secondary N) is 1. The van der Waals surface area contributed by atoms with Crippen molar-refractivity contribution in [3.8, 4) is 5.75 Å². The van der Waals surface area contributed by atoms with Gasteiger partial charge in [-0.05, 0) is 61.9 Å². The third kappa shape index (κ3) is 6.02. The molecule has 2 N–H and O–H groups in total. The zero-order chi connectivity index (χ0) is 22.9. The van der Waals surface area contributed by atoms with Crippen LogP contribution in [0.1, 0.15) is 73.5 Å². The summed E-state index contributed by atoms with van der Waals surface area (Å²) in [6, 6.07) is 12.9. The van der Waals surface area contributed by atoms with E-state index in [2.05, 4.69) is 35.3 Å². The van der Waals surface area contributed by atoms with E-state index in [-0.39, 0.29) is 36.3 Å². The van der Waals surface area contributed by atoms with Crippen molar-refractivity contribution in [1.82, 2.24) is 5.32 Å². The van der Waals surface area contributed by atoms with Crippen LogP contribution >= 0.6 is 0 Å². The van der Waals surface area contributed by atoms with E-state index in [0.717, 1.165) is 31.5 Å². The average molecular weight is 439 g/mol. The number of benzene rings is 2. The number of carbonyl (C=O) groups excluding carboxylic acids is 2. The Bertz CT molecular complexity index is 922. The van der Waals surface area contributed by atoms with E-state index in [4.69, 9.17) is 4.74 Å². The molecule has 1 amide bonds. The zero-order valence-corrected chi connectivity index (χ0v) is 19.1. The van der Waals surface area contributed by atoms with Crippen LogP contribution in [-0.4, -0.2) is 36.7 Å². The Morgan fingerprint density at radius 2 is 1.84 bits per heavy atom. The van der Waals surface area contributed by atoms with E-state index in [1.165, 1.54) is 37.1 Å². The van der Waals surface area contributed by atoms with Gasteiger partial charge in [0.15, 0.2) is 0 Å². The molecule has 2 aromatic carbocycles. The fraction of sp³-hybridized carbons (Fsp3) is 0.462. The number of para-hydroxylation sites is 1. The molecule has 0 bridgehead atoms. The molecule has 1 atom stereocenters. The number of piperidine rings is 1. The fourth-order valence-electron chi connectivity index (χ4n) is 4.30. The summed E-state index contributed by atoms with van der Waals surface area (Å²) in [5, 5.41) is 13.4. The van der Waals surface area contributed by atoms with Crippen LogP contribution in [-0.2, 0) is 16.0 Å². The van der Waals surface area contributed by atoms with E-state index < -0.39 is 5.97 Å². The lowest BCUT2D eigenvalue weighted by molar-refractivity contribution is -0.121. The number of hydrogen-bond acceptors (Lipinski definition) is 5. The minimum absolute atomic E-state index is 0.0713. The second kappa shape index (κ2) is 11.6. The third-order valence-corrected chi connectivity index (χ3v) is 5.84. The normalized spacial score (nSPS) is 14.6. The third-order valence-electron chi connectivity index (χ3n) is 5.84. The topological polar surface area (TPSA) is 78.9 Å². The number of nitrogens with zero attached hydrogens (tertiary/aromatic N) is 1. The SMILES string of the molecule is CCCC(NC(=O)Cc1ccc(C(=O)OCC)c(O)c1)c1ccccc1N1CCCCC1. The predicted molar refractivity (Wildman–Crippen MR) is 126 cm³/mol. The van der Waals surface area contributed by atoms with Gasteiger partial charge in [0.2, 0.25) is 5.91 Å². The van der Waals surface area contributed by atoms with Gasteiger partial charge in [-0.25, -0.2) is 4.79 Å². The number of carbonyl (C=O) groups is 2. The molecule has 1 aliphatic rings. The number of aromatic hydroxyl groups is 1. The molecule has 6 heteroatoms. The Hall–Kier alpha value is -3.02. The summed E-state index contributed by atoms with van der Waals surface area (Å²) in [6.07, 6.45) is 5.60. The van der Waals surface area contributed by atoms with Gasteiger partial charge in [0.1, 0.15) is 11.3 Å². The minimum atomic E-state index is -0.571. The number of esters is 1. The lowest BCUT2D eigenvalue weighted by Crippen LogP contribution is -2.34. The number of phenols is 1. The maximum absolute atomic E-state index is 12.9. The highest BCUT2D eigenvalue weighted by molar-refractivity contribution is 5.92. The first-order valence-corrected chi connectivity index (χ1v) is 11.7. The number of phenolic OH excluding ortho intramolecular Hbond substituents is 1. The van der Waals surface area contributed by atoms with E-state index in [0.29, 0.717) is 5.56 Å². The summed E-state index contributed by atoms with van der Waals surface area (Å²) in [7, 11) is 0. The molecule has 6 nitrogen and oxygen atoms in total. The summed E-state index contributed by atoms with van der Waals surface area (Å²) >= 11 is 0. The van der Waals surface area contributed by atoms with Crippen LogP contribution in [0.15, 0.2) is 42.5 Å². The second-order valence-corrected chi connectivity index (χ2v) is 8.26. The van der Waals surface area contributed by atoms with Crippen LogP contribution in [0.3, 0.4) is 0 Å². The first-order valence-electron chi connectivity index (χ1n) is 11.7. The molecular weight excluding hydrogens is 404 g/mol. The molecular formula is C26H34N2O4. The van der Waals surface area contributed by atoms with Crippen molar-refractivity contribution in [3.05, 3.63) is 59.2 Å². The molecule has 1 saturated heterocycles. The van der Waals surface area contributed by atoms with Gasteiger partial charge in [0.25, 0.3) is 0 Å². The Balaban J connectivity index is 1.72. The van der Waals surface area contributed by atoms with Crippen molar-refractivity contribution in [3.63, 3.8) is 0 Å². The molecule has 1 unspecified atom stereocenters. The highest BCUT2D eigenvalue weighted by atomic mass is 16.5. The summed E-state index contributed by atoms with van der Waals surface area (Å²) < 4.78 is 4.94. The number of amides is 1. The van der Waals surface area contributed by atoms with E-state index in [9.17, 15) is 14.7 Å². The van der Waals surface area contributed by atoms with Crippen LogP contribution in [0.4, 0.5) is 5.69 Å². The fourth-order valence-corrected chi connectivity index (χ4v) is 4.30.